The molecule has 1 aliphatic heterocycles. The van der Waals surface area contributed by atoms with Crippen LogP contribution in [-0.4, -0.2) is 12.7 Å². The maximum absolute atomic E-state index is 5.15. The van der Waals surface area contributed by atoms with Gasteiger partial charge in [-0.2, -0.15) is 0 Å². The lowest BCUT2D eigenvalue weighted by Gasteiger charge is -1.94. The minimum atomic E-state index is 0.489. The van der Waals surface area contributed by atoms with Crippen LogP contribution in [0.4, 0.5) is 0 Å². The van der Waals surface area contributed by atoms with Crippen LogP contribution < -0.4 is 4.57 Å². The molecule has 2 nitrogen and oxygen atoms in total. The molecule has 0 saturated carbocycles. The minimum Gasteiger partial charge on any atom is -0.373 e. The molecule has 2 rings (SSSR count). The van der Waals surface area contributed by atoms with E-state index in [0.717, 1.165) is 13.0 Å². The van der Waals surface area contributed by atoms with Gasteiger partial charge in [0.15, 0.2) is 11.9 Å². The summed E-state index contributed by atoms with van der Waals surface area (Å²) in [6.45, 7) is 0.939. The molecule has 0 radical (unpaired) electrons. The summed E-state index contributed by atoms with van der Waals surface area (Å²) in [4.78, 5) is 0. The van der Waals surface area contributed by atoms with Crippen LogP contribution in [-0.2, 0) is 18.2 Å². The first kappa shape index (κ1) is 6.80. The summed E-state index contributed by atoms with van der Waals surface area (Å²) in [6, 6.07) is 6.25. The number of aromatic nitrogens is 1. The van der Waals surface area contributed by atoms with E-state index in [1.54, 1.807) is 0 Å². The Kier molecular flexibility index (Phi) is 1.62. The third-order valence-electron chi connectivity index (χ3n) is 2.00. The first-order valence-electron chi connectivity index (χ1n) is 3.91. The maximum atomic E-state index is 5.15. The number of hydrogen-bond acceptors (Lipinski definition) is 1. The predicted octanol–water partition coefficient (Wildman–Crippen LogP) is 0.452. The van der Waals surface area contributed by atoms with Gasteiger partial charge in [-0.3, -0.25) is 0 Å². The molecule has 2 heterocycles. The molecule has 0 N–H and O–H groups in total. The van der Waals surface area contributed by atoms with Crippen molar-refractivity contribution in [3.05, 3.63) is 30.1 Å². The lowest BCUT2D eigenvalue weighted by Crippen LogP contribution is -2.33. The highest BCUT2D eigenvalue weighted by Crippen LogP contribution is 2.13. The van der Waals surface area contributed by atoms with Gasteiger partial charge in [-0.25, -0.2) is 4.57 Å². The van der Waals surface area contributed by atoms with Crippen LogP contribution in [0.2, 0.25) is 0 Å². The number of pyridine rings is 1. The molecule has 1 saturated heterocycles. The van der Waals surface area contributed by atoms with E-state index in [4.69, 9.17) is 4.74 Å². The van der Waals surface area contributed by atoms with Gasteiger partial charge in [0.2, 0.25) is 0 Å². The molecule has 1 atom stereocenters. The van der Waals surface area contributed by atoms with Crippen LogP contribution in [0.1, 0.15) is 5.69 Å². The van der Waals surface area contributed by atoms with Crippen molar-refractivity contribution in [1.82, 2.24) is 0 Å². The zero-order chi connectivity index (χ0) is 7.68. The molecule has 0 aliphatic carbocycles. The van der Waals surface area contributed by atoms with Gasteiger partial charge >= 0.3 is 0 Å². The third-order valence-corrected chi connectivity index (χ3v) is 2.00. The Hall–Kier alpha value is -0.890. The highest BCUT2D eigenvalue weighted by molar-refractivity contribution is 5.00. The molecule has 1 aliphatic rings. The molecule has 0 aromatic carbocycles. The Morgan fingerprint density at radius 1 is 1.64 bits per heavy atom. The monoisotopic (exact) mass is 150 g/mol. The van der Waals surface area contributed by atoms with E-state index in [1.165, 1.54) is 5.69 Å². The summed E-state index contributed by atoms with van der Waals surface area (Å²) in [5.41, 5.74) is 1.34. The standard InChI is InChI=1S/C9H12NO/c1-10-5-3-2-4-8(10)6-9-7-11-9/h2-5,9H,6-7H2,1H3/q+1. The predicted molar refractivity (Wildman–Crippen MR) is 41.1 cm³/mol. The fraction of sp³-hybridized carbons (Fsp3) is 0.444. The number of rotatable bonds is 2. The van der Waals surface area contributed by atoms with Gasteiger partial charge in [0, 0.05) is 12.1 Å². The first-order chi connectivity index (χ1) is 5.36. The number of ether oxygens (including phenoxy) is 1. The van der Waals surface area contributed by atoms with Gasteiger partial charge in [0.05, 0.1) is 19.1 Å². The molecule has 1 aromatic rings. The van der Waals surface area contributed by atoms with E-state index in [9.17, 15) is 0 Å². The quantitative estimate of drug-likeness (QED) is 0.442. The van der Waals surface area contributed by atoms with Crippen LogP contribution in [0.3, 0.4) is 0 Å². The summed E-state index contributed by atoms with van der Waals surface area (Å²) in [6.07, 6.45) is 3.61. The normalized spacial score (nSPS) is 21.7. The molecule has 2 heteroatoms. The first-order valence-corrected chi connectivity index (χ1v) is 3.91. The number of nitrogens with zero attached hydrogens (tertiary/aromatic N) is 1. The second-order valence-corrected chi connectivity index (χ2v) is 2.96. The Morgan fingerprint density at radius 3 is 3.09 bits per heavy atom. The lowest BCUT2D eigenvalue weighted by atomic mass is 10.2. The Bertz CT molecular complexity index is 255. The second kappa shape index (κ2) is 2.62. The maximum Gasteiger partial charge on any atom is 0.183 e. The second-order valence-electron chi connectivity index (χ2n) is 2.96. The molecular weight excluding hydrogens is 138 g/mol. The molecule has 58 valence electrons. The number of aryl methyl sites for hydroxylation is 1. The molecule has 1 fully saturated rings. The lowest BCUT2D eigenvalue weighted by molar-refractivity contribution is -0.679. The highest BCUT2D eigenvalue weighted by atomic mass is 16.6. The summed E-state index contributed by atoms with van der Waals surface area (Å²) in [5.74, 6) is 0. The average molecular weight is 150 g/mol. The van der Waals surface area contributed by atoms with Gasteiger partial charge in [-0.15, -0.1) is 0 Å². The van der Waals surface area contributed by atoms with Gasteiger partial charge in [-0.05, 0) is 0 Å². The van der Waals surface area contributed by atoms with Gasteiger partial charge in [-0.1, -0.05) is 6.07 Å². The highest BCUT2D eigenvalue weighted by Gasteiger charge is 2.25. The van der Waals surface area contributed by atoms with Crippen molar-refractivity contribution in [2.24, 2.45) is 7.05 Å². The van der Waals surface area contributed by atoms with E-state index in [1.807, 2.05) is 6.07 Å². The van der Waals surface area contributed by atoms with Crippen LogP contribution in [0.15, 0.2) is 24.4 Å². The number of epoxide rings is 1. The number of hydrogen-bond donors (Lipinski definition) is 0. The summed E-state index contributed by atoms with van der Waals surface area (Å²) in [7, 11) is 2.07. The average Bonchev–Trinajstić information content (AvgIpc) is 2.78. The zero-order valence-corrected chi connectivity index (χ0v) is 6.66. The Labute approximate surface area is 66.4 Å². The van der Waals surface area contributed by atoms with Crippen LogP contribution in [0, 0.1) is 0 Å². The van der Waals surface area contributed by atoms with Gasteiger partial charge in [0.1, 0.15) is 7.05 Å². The fourth-order valence-electron chi connectivity index (χ4n) is 1.19. The van der Waals surface area contributed by atoms with E-state index < -0.39 is 0 Å². The SMILES string of the molecule is C[n+]1ccccc1CC1CO1. The third kappa shape index (κ3) is 1.57. The van der Waals surface area contributed by atoms with Crippen LogP contribution >= 0.6 is 0 Å². The van der Waals surface area contributed by atoms with Crippen molar-refractivity contribution in [3.63, 3.8) is 0 Å². The van der Waals surface area contributed by atoms with Crippen LogP contribution in [0.5, 0.6) is 0 Å². The topological polar surface area (TPSA) is 16.4 Å². The summed E-state index contributed by atoms with van der Waals surface area (Å²) < 4.78 is 7.29. The van der Waals surface area contributed by atoms with Gasteiger partial charge < -0.3 is 4.74 Å². The Morgan fingerprint density at radius 2 is 2.45 bits per heavy atom. The van der Waals surface area contributed by atoms with Crippen molar-refractivity contribution >= 4 is 0 Å². The largest absolute Gasteiger partial charge is 0.373 e. The van der Waals surface area contributed by atoms with E-state index in [2.05, 4.69) is 29.9 Å². The zero-order valence-electron chi connectivity index (χ0n) is 6.66. The molecule has 11 heavy (non-hydrogen) atoms. The van der Waals surface area contributed by atoms with Crippen molar-refractivity contribution in [2.45, 2.75) is 12.5 Å². The Balaban J connectivity index is 2.15. The molecule has 0 spiro atoms. The van der Waals surface area contributed by atoms with Crippen molar-refractivity contribution in [1.29, 1.82) is 0 Å². The van der Waals surface area contributed by atoms with E-state index in [-0.39, 0.29) is 0 Å². The van der Waals surface area contributed by atoms with Crippen molar-refractivity contribution < 1.29 is 9.30 Å². The fourth-order valence-corrected chi connectivity index (χ4v) is 1.19. The summed E-state index contributed by atoms with van der Waals surface area (Å²) >= 11 is 0. The molecule has 0 bridgehead atoms. The van der Waals surface area contributed by atoms with Gasteiger partial charge in [0.25, 0.3) is 0 Å². The molecular formula is C9H12NO+. The van der Waals surface area contributed by atoms with E-state index in [0.29, 0.717) is 6.10 Å². The molecule has 1 aromatic heterocycles. The minimum absolute atomic E-state index is 0.489. The molecule has 0 amide bonds. The van der Waals surface area contributed by atoms with Crippen molar-refractivity contribution in [3.8, 4) is 0 Å². The van der Waals surface area contributed by atoms with Crippen LogP contribution in [0.25, 0.3) is 0 Å². The van der Waals surface area contributed by atoms with Crippen molar-refractivity contribution in [2.75, 3.05) is 6.61 Å². The smallest absolute Gasteiger partial charge is 0.183 e. The summed E-state index contributed by atoms with van der Waals surface area (Å²) in [5, 5.41) is 0. The molecule has 1 unspecified atom stereocenters. The van der Waals surface area contributed by atoms with E-state index >= 15 is 0 Å².